The van der Waals surface area contributed by atoms with E-state index in [0.717, 1.165) is 39.1 Å². The van der Waals surface area contributed by atoms with Crippen LogP contribution < -0.4 is 11.5 Å². The minimum Gasteiger partial charge on any atom is -0.330 e. The van der Waals surface area contributed by atoms with Crippen molar-refractivity contribution in [2.24, 2.45) is 22.3 Å². The van der Waals surface area contributed by atoms with E-state index in [1.807, 2.05) is 0 Å². The van der Waals surface area contributed by atoms with Gasteiger partial charge in [-0.2, -0.15) is 0 Å². The van der Waals surface area contributed by atoms with E-state index in [4.69, 9.17) is 11.5 Å². The van der Waals surface area contributed by atoms with Gasteiger partial charge in [0.05, 0.1) is 0 Å². The predicted molar refractivity (Wildman–Crippen MR) is 61.1 cm³/mol. The fourth-order valence-corrected chi connectivity index (χ4v) is 2.13. The topological polar surface area (TPSA) is 55.3 Å². The molecule has 0 saturated carbocycles. The van der Waals surface area contributed by atoms with E-state index in [-0.39, 0.29) is 5.41 Å². The predicted octanol–water partition coefficient (Wildman–Crippen LogP) is 0.642. The van der Waals surface area contributed by atoms with Gasteiger partial charge in [-0.1, -0.05) is 20.8 Å². The summed E-state index contributed by atoms with van der Waals surface area (Å²) < 4.78 is 0. The second-order valence-corrected chi connectivity index (χ2v) is 5.53. The Labute approximate surface area is 87.8 Å². The van der Waals surface area contributed by atoms with Crippen LogP contribution in [0.25, 0.3) is 0 Å². The number of hydrogen-bond donors (Lipinski definition) is 2. The standard InChI is InChI=1S/C11H25N3/c1-4-10(2,5-12)7-14-8-11(3,6-13)9-14/h4-9,12-13H2,1-3H3. The van der Waals surface area contributed by atoms with E-state index >= 15 is 0 Å². The molecule has 1 unspecified atom stereocenters. The van der Waals surface area contributed by atoms with E-state index in [0.29, 0.717) is 5.41 Å². The molecule has 1 atom stereocenters. The molecule has 4 N–H and O–H groups in total. The van der Waals surface area contributed by atoms with Crippen molar-refractivity contribution in [3.63, 3.8) is 0 Å². The Hall–Kier alpha value is -0.120. The molecule has 14 heavy (non-hydrogen) atoms. The first-order valence-electron chi connectivity index (χ1n) is 5.59. The summed E-state index contributed by atoms with van der Waals surface area (Å²) in [4.78, 5) is 2.48. The Bertz CT molecular complexity index is 181. The fourth-order valence-electron chi connectivity index (χ4n) is 2.13. The molecule has 0 aromatic carbocycles. The minimum absolute atomic E-state index is 0.288. The molecule has 0 aliphatic carbocycles. The quantitative estimate of drug-likeness (QED) is 0.683. The van der Waals surface area contributed by atoms with Gasteiger partial charge in [0, 0.05) is 31.6 Å². The molecule has 0 aromatic heterocycles. The minimum atomic E-state index is 0.288. The lowest BCUT2D eigenvalue weighted by molar-refractivity contribution is -0.00648. The first-order chi connectivity index (χ1) is 6.47. The van der Waals surface area contributed by atoms with Crippen LogP contribution >= 0.6 is 0 Å². The number of rotatable bonds is 5. The first-order valence-corrected chi connectivity index (χ1v) is 5.59. The van der Waals surface area contributed by atoms with Gasteiger partial charge in [-0.25, -0.2) is 0 Å². The fraction of sp³-hybridized carbons (Fsp3) is 1.00. The maximum absolute atomic E-state index is 5.79. The van der Waals surface area contributed by atoms with Crippen molar-refractivity contribution in [1.29, 1.82) is 0 Å². The third kappa shape index (κ3) is 2.47. The lowest BCUT2D eigenvalue weighted by Gasteiger charge is -2.50. The van der Waals surface area contributed by atoms with Crippen LogP contribution in [-0.2, 0) is 0 Å². The zero-order valence-electron chi connectivity index (χ0n) is 9.84. The van der Waals surface area contributed by atoms with Gasteiger partial charge in [0.25, 0.3) is 0 Å². The second kappa shape index (κ2) is 4.17. The Morgan fingerprint density at radius 1 is 1.36 bits per heavy atom. The average Bonchev–Trinajstić information content (AvgIpc) is 2.15. The molecule has 1 saturated heterocycles. The Kier molecular flexibility index (Phi) is 3.56. The molecule has 1 rings (SSSR count). The monoisotopic (exact) mass is 199 g/mol. The van der Waals surface area contributed by atoms with Crippen molar-refractivity contribution in [1.82, 2.24) is 4.90 Å². The van der Waals surface area contributed by atoms with E-state index in [1.165, 1.54) is 0 Å². The zero-order chi connectivity index (χ0) is 10.8. The van der Waals surface area contributed by atoms with Gasteiger partial charge < -0.3 is 16.4 Å². The molecule has 0 bridgehead atoms. The van der Waals surface area contributed by atoms with Crippen molar-refractivity contribution in [3.05, 3.63) is 0 Å². The van der Waals surface area contributed by atoms with E-state index in [9.17, 15) is 0 Å². The van der Waals surface area contributed by atoms with Crippen LogP contribution in [0.4, 0.5) is 0 Å². The highest BCUT2D eigenvalue weighted by Gasteiger charge is 2.39. The highest BCUT2D eigenvalue weighted by Crippen LogP contribution is 2.32. The van der Waals surface area contributed by atoms with Crippen LogP contribution in [0.2, 0.25) is 0 Å². The summed E-state index contributed by atoms with van der Waals surface area (Å²) in [7, 11) is 0. The summed E-state index contributed by atoms with van der Waals surface area (Å²) in [5.41, 5.74) is 12.2. The van der Waals surface area contributed by atoms with Gasteiger partial charge in [-0.05, 0) is 18.4 Å². The van der Waals surface area contributed by atoms with Gasteiger partial charge in [0.15, 0.2) is 0 Å². The smallest absolute Gasteiger partial charge is 0.00602 e. The van der Waals surface area contributed by atoms with Gasteiger partial charge in [0.2, 0.25) is 0 Å². The second-order valence-electron chi connectivity index (χ2n) is 5.53. The molecule has 0 aromatic rings. The van der Waals surface area contributed by atoms with Crippen LogP contribution in [0.15, 0.2) is 0 Å². The maximum Gasteiger partial charge on any atom is 0.00602 e. The van der Waals surface area contributed by atoms with Crippen molar-refractivity contribution < 1.29 is 0 Å². The molecule has 1 aliphatic heterocycles. The van der Waals surface area contributed by atoms with Crippen LogP contribution in [0, 0.1) is 10.8 Å². The molecule has 0 amide bonds. The molecule has 1 fully saturated rings. The molecular formula is C11H25N3. The normalized spacial score (nSPS) is 25.5. The molecule has 1 aliphatic rings. The number of nitrogens with two attached hydrogens (primary N) is 2. The Morgan fingerprint density at radius 2 is 1.93 bits per heavy atom. The summed E-state index contributed by atoms with van der Waals surface area (Å²) in [5, 5.41) is 0. The average molecular weight is 199 g/mol. The first kappa shape index (κ1) is 12.0. The van der Waals surface area contributed by atoms with Crippen molar-refractivity contribution in [3.8, 4) is 0 Å². The molecule has 3 heteroatoms. The van der Waals surface area contributed by atoms with Gasteiger partial charge in [-0.3, -0.25) is 0 Å². The van der Waals surface area contributed by atoms with Crippen molar-refractivity contribution in [2.45, 2.75) is 27.2 Å². The molecule has 0 spiro atoms. The number of likely N-dealkylation sites (tertiary alicyclic amines) is 1. The molecule has 84 valence electrons. The van der Waals surface area contributed by atoms with Gasteiger partial charge >= 0.3 is 0 Å². The summed E-state index contributed by atoms with van der Waals surface area (Å²) in [6, 6.07) is 0. The summed E-state index contributed by atoms with van der Waals surface area (Å²) in [6.07, 6.45) is 1.15. The van der Waals surface area contributed by atoms with Gasteiger partial charge in [-0.15, -0.1) is 0 Å². The molecular weight excluding hydrogens is 174 g/mol. The largest absolute Gasteiger partial charge is 0.330 e. The highest BCUT2D eigenvalue weighted by molar-refractivity contribution is 4.94. The Balaban J connectivity index is 2.35. The van der Waals surface area contributed by atoms with Crippen molar-refractivity contribution >= 4 is 0 Å². The van der Waals surface area contributed by atoms with Crippen LogP contribution in [0.3, 0.4) is 0 Å². The summed E-state index contributed by atoms with van der Waals surface area (Å²) in [5.74, 6) is 0. The Morgan fingerprint density at radius 3 is 2.29 bits per heavy atom. The lowest BCUT2D eigenvalue weighted by Crippen LogP contribution is -2.60. The van der Waals surface area contributed by atoms with Crippen molar-refractivity contribution in [2.75, 3.05) is 32.7 Å². The summed E-state index contributed by atoms with van der Waals surface area (Å²) in [6.45, 7) is 11.7. The van der Waals surface area contributed by atoms with Crippen LogP contribution in [0.5, 0.6) is 0 Å². The third-order valence-corrected chi connectivity index (χ3v) is 3.66. The van der Waals surface area contributed by atoms with Gasteiger partial charge in [0.1, 0.15) is 0 Å². The summed E-state index contributed by atoms with van der Waals surface area (Å²) >= 11 is 0. The highest BCUT2D eigenvalue weighted by atomic mass is 15.2. The van der Waals surface area contributed by atoms with E-state index in [2.05, 4.69) is 25.7 Å². The lowest BCUT2D eigenvalue weighted by atomic mass is 9.78. The van der Waals surface area contributed by atoms with Crippen LogP contribution in [0.1, 0.15) is 27.2 Å². The number of nitrogens with zero attached hydrogens (tertiary/aromatic N) is 1. The van der Waals surface area contributed by atoms with E-state index < -0.39 is 0 Å². The molecule has 3 nitrogen and oxygen atoms in total. The SMILES string of the molecule is CCC(C)(CN)CN1CC(C)(CN)C1. The molecule has 1 heterocycles. The van der Waals surface area contributed by atoms with E-state index in [1.54, 1.807) is 0 Å². The zero-order valence-corrected chi connectivity index (χ0v) is 9.84. The maximum atomic E-state index is 5.79. The molecule has 0 radical (unpaired) electrons. The third-order valence-electron chi connectivity index (χ3n) is 3.66. The number of hydrogen-bond acceptors (Lipinski definition) is 3. The van der Waals surface area contributed by atoms with Crippen LogP contribution in [-0.4, -0.2) is 37.6 Å².